The number of alkyl halides is 25. The molecule has 1 rings (SSSR count). The van der Waals surface area contributed by atoms with Crippen molar-refractivity contribution >= 4 is 11.8 Å². The van der Waals surface area contributed by atoms with E-state index in [1.54, 1.807) is 0 Å². The molecule has 0 aromatic heterocycles. The molecule has 0 aliphatic carbocycles. The average Bonchev–Trinajstić information content (AvgIpc) is 2.83. The van der Waals surface area contributed by atoms with Crippen molar-refractivity contribution in [2.24, 2.45) is 0 Å². The van der Waals surface area contributed by atoms with E-state index >= 15 is 0 Å². The first-order valence-corrected chi connectivity index (χ1v) is 10.7. The van der Waals surface area contributed by atoms with Gasteiger partial charge in [-0.3, -0.25) is 0 Å². The molecule has 264 valence electrons. The molecule has 0 heterocycles. The van der Waals surface area contributed by atoms with Crippen molar-refractivity contribution in [1.29, 1.82) is 0 Å². The Morgan fingerprint density at radius 1 is 0.333 bits per heavy atom. The van der Waals surface area contributed by atoms with Crippen LogP contribution < -0.4 is 0 Å². The van der Waals surface area contributed by atoms with E-state index < -0.39 is 93.1 Å². The van der Waals surface area contributed by atoms with Gasteiger partial charge in [-0.05, 0) is 36.0 Å². The van der Waals surface area contributed by atoms with Crippen molar-refractivity contribution < 1.29 is 115 Å². The summed E-state index contributed by atoms with van der Waals surface area (Å²) in [4.78, 5) is -1.46. The highest BCUT2D eigenvalue weighted by Crippen LogP contribution is 2.68. The van der Waals surface area contributed by atoms with E-state index in [1.807, 2.05) is 0 Å². The van der Waals surface area contributed by atoms with Gasteiger partial charge in [0.1, 0.15) is 5.75 Å². The number of phenols is 1. The summed E-state index contributed by atoms with van der Waals surface area (Å²) >= 11 is -2.01. The molecular formula is C18H5F25OS. The van der Waals surface area contributed by atoms with Crippen LogP contribution in [0.1, 0.15) is 0 Å². The van der Waals surface area contributed by atoms with E-state index in [2.05, 4.69) is 0 Å². The second kappa shape index (κ2) is 10.6. The van der Waals surface area contributed by atoms with Crippen LogP contribution in [0.4, 0.5) is 110 Å². The maximum absolute atomic E-state index is 13.9. The van der Waals surface area contributed by atoms with Crippen LogP contribution in [0.5, 0.6) is 5.75 Å². The molecule has 0 spiro atoms. The molecule has 1 aromatic carbocycles. The highest BCUT2D eigenvalue weighted by molar-refractivity contribution is 8.00. The molecular weight excluding hydrogens is 739 g/mol. The number of aromatic hydroxyl groups is 1. The maximum Gasteiger partial charge on any atom is 0.460 e. The van der Waals surface area contributed by atoms with E-state index in [1.165, 1.54) is 0 Å². The molecule has 0 radical (unpaired) electrons. The van der Waals surface area contributed by atoms with E-state index in [-0.39, 0.29) is 12.1 Å². The zero-order chi connectivity index (χ0) is 36.7. The Kier molecular flexibility index (Phi) is 9.54. The molecule has 1 N–H and O–H groups in total. The van der Waals surface area contributed by atoms with Crippen LogP contribution in [0.3, 0.4) is 0 Å². The third-order valence-corrected chi connectivity index (χ3v) is 6.37. The first kappa shape index (κ1) is 40.6. The molecule has 0 saturated carbocycles. The van der Waals surface area contributed by atoms with E-state index in [9.17, 15) is 110 Å². The lowest BCUT2D eigenvalue weighted by Crippen LogP contribution is -2.78. The summed E-state index contributed by atoms with van der Waals surface area (Å²) in [5, 5.41) is 1.95. The lowest BCUT2D eigenvalue weighted by atomic mass is 9.85. The molecule has 1 nitrogen and oxygen atoms in total. The molecule has 0 saturated heterocycles. The number of hydrogen-bond donors (Lipinski definition) is 1. The summed E-state index contributed by atoms with van der Waals surface area (Å²) in [7, 11) is 0. The fourth-order valence-corrected chi connectivity index (χ4v) is 3.49. The maximum atomic E-state index is 13.9. The largest absolute Gasteiger partial charge is 0.508 e. The molecule has 1 aromatic rings. The number of thioether (sulfide) groups is 1. The Hall–Kier alpha value is -2.38. The average molecular weight is 744 g/mol. The third kappa shape index (κ3) is 5.24. The lowest BCUT2D eigenvalue weighted by Gasteiger charge is -2.45. The Labute approximate surface area is 233 Å². The van der Waals surface area contributed by atoms with Gasteiger partial charge < -0.3 is 5.11 Å². The zero-order valence-electron chi connectivity index (χ0n) is 19.6. The molecule has 0 aliphatic heterocycles. The van der Waals surface area contributed by atoms with Gasteiger partial charge in [0.25, 0.3) is 0 Å². The minimum atomic E-state index is -9.61. The topological polar surface area (TPSA) is 20.2 Å². The van der Waals surface area contributed by atoms with Crippen molar-refractivity contribution in [1.82, 2.24) is 0 Å². The van der Waals surface area contributed by atoms with Gasteiger partial charge in [0.2, 0.25) is 0 Å². The van der Waals surface area contributed by atoms with Crippen LogP contribution >= 0.6 is 11.8 Å². The monoisotopic (exact) mass is 744 g/mol. The van der Waals surface area contributed by atoms with Gasteiger partial charge in [-0.15, -0.1) is 0 Å². The summed E-state index contributed by atoms with van der Waals surface area (Å²) < 4.78 is 336. The van der Waals surface area contributed by atoms with E-state index in [4.69, 9.17) is 5.11 Å². The van der Waals surface area contributed by atoms with Crippen molar-refractivity contribution in [3.8, 4) is 5.75 Å². The number of hydrogen-bond acceptors (Lipinski definition) is 2. The van der Waals surface area contributed by atoms with E-state index in [0.29, 0.717) is 12.1 Å². The molecule has 0 atom stereocenters. The van der Waals surface area contributed by atoms with Crippen LogP contribution in [-0.2, 0) is 0 Å². The van der Waals surface area contributed by atoms with Crippen LogP contribution in [0.2, 0.25) is 0 Å². The predicted octanol–water partition coefficient (Wildman–Crippen LogP) is 9.99. The van der Waals surface area contributed by atoms with Gasteiger partial charge in [0, 0.05) is 4.90 Å². The van der Waals surface area contributed by atoms with Crippen molar-refractivity contribution in [3.05, 3.63) is 24.3 Å². The summed E-state index contributed by atoms with van der Waals surface area (Å²) in [5.74, 6) is -92.6. The molecule has 0 amide bonds. The SMILES string of the molecule is Oc1ccc(SC(F)(F)C(F)(F)C(F)(F)C(F)(F)C(F)(F)C(F)(F)C(F)(F)C(F)(F)C(F)(F)C(F)(F)C(F)(F)C(F)(F)F)cc1. The lowest BCUT2D eigenvalue weighted by molar-refractivity contribution is -0.480. The molecule has 0 fully saturated rings. The Bertz CT molecular complexity index is 1210. The summed E-state index contributed by atoms with van der Waals surface area (Å²) in [6, 6.07) is 0.794. The fraction of sp³-hybridized carbons (Fsp3) is 0.667. The second-order valence-electron chi connectivity index (χ2n) is 8.35. The van der Waals surface area contributed by atoms with Gasteiger partial charge in [-0.25, -0.2) is 0 Å². The predicted molar refractivity (Wildman–Crippen MR) is 94.4 cm³/mol. The van der Waals surface area contributed by atoms with Crippen molar-refractivity contribution in [2.75, 3.05) is 0 Å². The Morgan fingerprint density at radius 3 is 0.800 bits per heavy atom. The highest BCUT2D eigenvalue weighted by atomic mass is 32.2. The van der Waals surface area contributed by atoms with Gasteiger partial charge in [-0.2, -0.15) is 110 Å². The summed E-state index contributed by atoms with van der Waals surface area (Å²) in [6.45, 7) is 0. The van der Waals surface area contributed by atoms with E-state index in [0.717, 1.165) is 0 Å². The smallest absolute Gasteiger partial charge is 0.460 e. The van der Waals surface area contributed by atoms with Crippen molar-refractivity contribution in [3.63, 3.8) is 0 Å². The fourth-order valence-electron chi connectivity index (χ4n) is 2.66. The van der Waals surface area contributed by atoms with Gasteiger partial charge in [0.15, 0.2) is 0 Å². The van der Waals surface area contributed by atoms with Gasteiger partial charge in [-0.1, -0.05) is 0 Å². The molecule has 0 bridgehead atoms. The van der Waals surface area contributed by atoms with Crippen molar-refractivity contribution in [2.45, 2.75) is 75.6 Å². The molecule has 0 unspecified atom stereocenters. The summed E-state index contributed by atoms with van der Waals surface area (Å²) in [5.41, 5.74) is 0. The first-order valence-electron chi connectivity index (χ1n) is 9.93. The number of benzene rings is 1. The first-order chi connectivity index (χ1) is 19.2. The summed E-state index contributed by atoms with van der Waals surface area (Å²) in [6.07, 6.45) is -8.18. The van der Waals surface area contributed by atoms with Gasteiger partial charge in [0.05, 0.1) is 0 Å². The minimum Gasteiger partial charge on any atom is -0.508 e. The van der Waals surface area contributed by atoms with Crippen LogP contribution in [0.25, 0.3) is 0 Å². The quantitative estimate of drug-likeness (QED) is 0.170. The standard InChI is InChI=1S/C18H5F25OS/c19-7(20,9(23,24)11(27,28)13(31,32)15(35,36)17(39,40)41)8(21,22)10(25,26)12(29,30)14(33,34)16(37,38)18(42,43)45-6-3-1-5(44)2-4-6/h1-4,44H. The zero-order valence-corrected chi connectivity index (χ0v) is 20.4. The number of rotatable bonds is 12. The third-order valence-electron chi connectivity index (χ3n) is 5.35. The second-order valence-corrected chi connectivity index (χ2v) is 9.54. The van der Waals surface area contributed by atoms with Crippen LogP contribution in [-0.4, -0.2) is 75.8 Å². The van der Waals surface area contributed by atoms with Crippen LogP contribution in [0.15, 0.2) is 29.2 Å². The normalized spacial score (nSPS) is 16.3. The van der Waals surface area contributed by atoms with Gasteiger partial charge >= 0.3 is 70.7 Å². The molecule has 45 heavy (non-hydrogen) atoms. The molecule has 27 heteroatoms. The number of phenolic OH excluding ortho intramolecular Hbond substituents is 1. The Balaban J connectivity index is 3.83. The highest BCUT2D eigenvalue weighted by Gasteiger charge is 2.99. The minimum absolute atomic E-state index is 0.101. The number of halogens is 25. The Morgan fingerprint density at radius 2 is 0.556 bits per heavy atom. The molecule has 0 aliphatic rings. The van der Waals surface area contributed by atoms with Crippen LogP contribution in [0, 0.1) is 0 Å².